The van der Waals surface area contributed by atoms with Crippen molar-refractivity contribution in [2.45, 2.75) is 0 Å². The molecule has 0 fully saturated rings. The lowest BCUT2D eigenvalue weighted by atomic mass is 10.2. The van der Waals surface area contributed by atoms with Crippen LogP contribution < -0.4 is 10.5 Å². The van der Waals surface area contributed by atoms with Gasteiger partial charge in [-0.3, -0.25) is 0 Å². The summed E-state index contributed by atoms with van der Waals surface area (Å²) in [5.41, 5.74) is 5.88. The van der Waals surface area contributed by atoms with E-state index < -0.39 is 0 Å². The third-order valence-corrected chi connectivity index (χ3v) is 4.33. The lowest BCUT2D eigenvalue weighted by Gasteiger charge is -2.10. The van der Waals surface area contributed by atoms with Crippen LogP contribution in [0.1, 0.15) is 5.56 Å². The first kappa shape index (κ1) is 16.2. The summed E-state index contributed by atoms with van der Waals surface area (Å²) in [5, 5.41) is 12.7. The van der Waals surface area contributed by atoms with E-state index in [9.17, 15) is 0 Å². The number of oxime groups is 1. The molecule has 2 aromatic carbocycles. The summed E-state index contributed by atoms with van der Waals surface area (Å²) in [5.74, 6) is 0.739. The van der Waals surface area contributed by atoms with Gasteiger partial charge in [-0.1, -0.05) is 40.0 Å². The molecule has 0 atom stereocenters. The van der Waals surface area contributed by atoms with Crippen molar-refractivity contribution in [2.75, 3.05) is 0 Å². The zero-order valence-electron chi connectivity index (χ0n) is 10.3. The summed E-state index contributed by atoms with van der Waals surface area (Å²) in [6.07, 6.45) is 0. The van der Waals surface area contributed by atoms with E-state index in [-0.39, 0.29) is 10.9 Å². The lowest BCUT2D eigenvalue weighted by Crippen LogP contribution is -2.13. The maximum absolute atomic E-state index is 8.65. The summed E-state index contributed by atoms with van der Waals surface area (Å²) >= 11 is 21.4. The smallest absolute Gasteiger partial charge is 0.171 e. The van der Waals surface area contributed by atoms with Crippen molar-refractivity contribution < 1.29 is 9.94 Å². The van der Waals surface area contributed by atoms with E-state index in [0.717, 1.165) is 0 Å². The highest BCUT2D eigenvalue weighted by atomic mass is 79.9. The highest BCUT2D eigenvalue weighted by Crippen LogP contribution is 2.37. The second kappa shape index (κ2) is 6.75. The molecule has 0 spiro atoms. The summed E-state index contributed by atoms with van der Waals surface area (Å²) in [7, 11) is 0. The minimum Gasteiger partial charge on any atom is -0.456 e. The normalized spacial score (nSPS) is 11.5. The van der Waals surface area contributed by atoms with E-state index in [1.54, 1.807) is 24.3 Å². The van der Waals surface area contributed by atoms with Crippen molar-refractivity contribution in [2.24, 2.45) is 10.9 Å². The molecule has 0 aromatic heterocycles. The topological polar surface area (TPSA) is 67.8 Å². The molecule has 21 heavy (non-hydrogen) atoms. The summed E-state index contributed by atoms with van der Waals surface area (Å²) < 4.78 is 6.30. The van der Waals surface area contributed by atoms with Crippen LogP contribution in [0.2, 0.25) is 15.1 Å². The van der Waals surface area contributed by atoms with Gasteiger partial charge < -0.3 is 15.7 Å². The molecule has 3 N–H and O–H groups in total. The Labute approximate surface area is 144 Å². The number of benzene rings is 2. The van der Waals surface area contributed by atoms with Crippen molar-refractivity contribution in [3.8, 4) is 11.5 Å². The molecule has 0 bridgehead atoms. The highest BCUT2D eigenvalue weighted by Gasteiger charge is 2.11. The molecule has 0 aliphatic carbocycles. The molecule has 0 aliphatic rings. The molecule has 0 radical (unpaired) electrons. The van der Waals surface area contributed by atoms with Crippen LogP contribution in [0, 0.1) is 0 Å². The average Bonchev–Trinajstić information content (AvgIpc) is 2.44. The van der Waals surface area contributed by atoms with Gasteiger partial charge in [0.1, 0.15) is 11.5 Å². The van der Waals surface area contributed by atoms with Crippen molar-refractivity contribution in [1.29, 1.82) is 0 Å². The van der Waals surface area contributed by atoms with Crippen molar-refractivity contribution in [1.82, 2.24) is 0 Å². The first-order valence-electron chi connectivity index (χ1n) is 5.52. The number of amidine groups is 1. The van der Waals surface area contributed by atoms with E-state index in [1.807, 2.05) is 0 Å². The van der Waals surface area contributed by atoms with E-state index >= 15 is 0 Å². The Kier molecular flexibility index (Phi) is 5.22. The maximum Gasteiger partial charge on any atom is 0.171 e. The Bertz CT molecular complexity index is 723. The van der Waals surface area contributed by atoms with Crippen molar-refractivity contribution in [3.63, 3.8) is 0 Å². The fraction of sp³-hybridized carbons (Fsp3) is 0. The summed E-state index contributed by atoms with van der Waals surface area (Å²) in [4.78, 5) is 0. The fourth-order valence-corrected chi connectivity index (χ4v) is 2.63. The lowest BCUT2D eigenvalue weighted by molar-refractivity contribution is 0.318. The minimum absolute atomic E-state index is 0.0868. The van der Waals surface area contributed by atoms with Crippen molar-refractivity contribution in [3.05, 3.63) is 55.4 Å². The van der Waals surface area contributed by atoms with Gasteiger partial charge in [0, 0.05) is 22.2 Å². The number of ether oxygens (including phenoxy) is 1. The molecule has 2 aromatic rings. The van der Waals surface area contributed by atoms with Gasteiger partial charge in [0.15, 0.2) is 5.84 Å². The van der Waals surface area contributed by atoms with Gasteiger partial charge in [-0.2, -0.15) is 0 Å². The summed E-state index contributed by atoms with van der Waals surface area (Å²) in [6.45, 7) is 0. The Morgan fingerprint density at radius 3 is 2.43 bits per heavy atom. The van der Waals surface area contributed by atoms with Gasteiger partial charge in [0.05, 0.1) is 15.1 Å². The van der Waals surface area contributed by atoms with Gasteiger partial charge in [0.25, 0.3) is 0 Å². The summed E-state index contributed by atoms with van der Waals surface area (Å²) in [6, 6.07) is 7.93. The van der Waals surface area contributed by atoms with Gasteiger partial charge in [-0.25, -0.2) is 0 Å². The molecule has 0 aliphatic heterocycles. The first-order chi connectivity index (χ1) is 9.92. The van der Waals surface area contributed by atoms with Crippen LogP contribution in [0.3, 0.4) is 0 Å². The predicted molar refractivity (Wildman–Crippen MR) is 88.2 cm³/mol. The Hall–Kier alpha value is -1.14. The highest BCUT2D eigenvalue weighted by molar-refractivity contribution is 9.10. The van der Waals surface area contributed by atoms with Crippen LogP contribution in [0.5, 0.6) is 11.5 Å². The van der Waals surface area contributed by atoms with E-state index in [1.165, 1.54) is 6.07 Å². The predicted octanol–water partition coefficient (Wildman–Crippen LogP) is 5.30. The molecule has 0 amide bonds. The quantitative estimate of drug-likeness (QED) is 0.237. The average molecular weight is 410 g/mol. The molecule has 0 saturated heterocycles. The van der Waals surface area contributed by atoms with Crippen LogP contribution >= 0.6 is 50.7 Å². The van der Waals surface area contributed by atoms with E-state index in [4.69, 9.17) is 50.5 Å². The zero-order valence-corrected chi connectivity index (χ0v) is 14.1. The van der Waals surface area contributed by atoms with Gasteiger partial charge >= 0.3 is 0 Å². The van der Waals surface area contributed by atoms with E-state index in [2.05, 4.69) is 21.1 Å². The van der Waals surface area contributed by atoms with Gasteiger partial charge in [0.2, 0.25) is 0 Å². The molecule has 4 nitrogen and oxygen atoms in total. The Balaban J connectivity index is 2.33. The zero-order chi connectivity index (χ0) is 15.6. The van der Waals surface area contributed by atoms with Gasteiger partial charge in [-0.15, -0.1) is 0 Å². The van der Waals surface area contributed by atoms with Crippen molar-refractivity contribution >= 4 is 56.6 Å². The number of nitrogens with zero attached hydrogens (tertiary/aromatic N) is 1. The second-order valence-corrected chi connectivity index (χ2v) is 6.00. The van der Waals surface area contributed by atoms with E-state index in [0.29, 0.717) is 31.6 Å². The van der Waals surface area contributed by atoms with Crippen LogP contribution in [-0.4, -0.2) is 11.0 Å². The van der Waals surface area contributed by atoms with Crippen LogP contribution in [0.4, 0.5) is 0 Å². The third-order valence-electron chi connectivity index (χ3n) is 2.53. The third kappa shape index (κ3) is 3.74. The number of hydrogen-bond donors (Lipinski definition) is 2. The molecule has 8 heteroatoms. The fourth-order valence-electron chi connectivity index (χ4n) is 1.53. The molecule has 2 rings (SSSR count). The second-order valence-electron chi connectivity index (χ2n) is 3.93. The number of nitrogens with two attached hydrogens (primary N) is 1. The van der Waals surface area contributed by atoms with Gasteiger partial charge in [-0.05, 0) is 34.1 Å². The Morgan fingerprint density at radius 2 is 1.81 bits per heavy atom. The molecule has 0 unspecified atom stereocenters. The number of rotatable bonds is 3. The molecule has 0 saturated carbocycles. The molecular formula is C13H8BrCl3N2O2. The molecule has 0 heterocycles. The number of halogens is 4. The number of hydrogen-bond acceptors (Lipinski definition) is 3. The van der Waals surface area contributed by atoms with Crippen LogP contribution in [-0.2, 0) is 0 Å². The first-order valence-corrected chi connectivity index (χ1v) is 7.45. The SMILES string of the molecule is N/C(=N/O)c1ccc(Oc2cc(Cl)c(Br)cc2Cl)cc1Cl. The molecule has 110 valence electrons. The van der Waals surface area contributed by atoms with Crippen LogP contribution in [0.15, 0.2) is 40.0 Å². The largest absolute Gasteiger partial charge is 0.456 e. The van der Waals surface area contributed by atoms with Crippen LogP contribution in [0.25, 0.3) is 0 Å². The monoisotopic (exact) mass is 408 g/mol. The standard InChI is InChI=1S/C13H8BrCl3N2O2/c14-8-4-11(17)12(5-10(8)16)21-6-1-2-7(9(15)3-6)13(18)19-20/h1-5,20H,(H2,18,19). The Morgan fingerprint density at radius 1 is 1.10 bits per heavy atom. The minimum atomic E-state index is -0.0868. The maximum atomic E-state index is 8.65. The molecular weight excluding hydrogens is 402 g/mol.